The number of anilines is 1. The summed E-state index contributed by atoms with van der Waals surface area (Å²) >= 11 is 0. The summed E-state index contributed by atoms with van der Waals surface area (Å²) < 4.78 is 0. The number of amides is 1. The molecule has 1 rings (SSSR count). The molecule has 0 saturated heterocycles. The van der Waals surface area contributed by atoms with Crippen LogP contribution >= 0.6 is 0 Å². The predicted octanol–water partition coefficient (Wildman–Crippen LogP) is 2.58. The van der Waals surface area contributed by atoms with E-state index in [9.17, 15) is 4.79 Å². The van der Waals surface area contributed by atoms with Gasteiger partial charge in [-0.15, -0.1) is 0 Å². The van der Waals surface area contributed by atoms with Gasteiger partial charge in [-0.05, 0) is 52.0 Å². The van der Waals surface area contributed by atoms with Crippen LogP contribution in [-0.2, 0) is 0 Å². The lowest BCUT2D eigenvalue weighted by atomic mass is 10.1. The third-order valence-electron chi connectivity index (χ3n) is 3.05. The molecule has 2 N–H and O–H groups in total. The van der Waals surface area contributed by atoms with Gasteiger partial charge in [0, 0.05) is 18.8 Å². The van der Waals surface area contributed by atoms with E-state index in [1.807, 2.05) is 24.3 Å². The number of carbonyl (C=O) groups excluding carboxylic acids is 1. The quantitative estimate of drug-likeness (QED) is 0.682. The highest BCUT2D eigenvalue weighted by Crippen LogP contribution is 2.14. The topological polar surface area (TPSA) is 44.4 Å². The molecular formula is C16H27N3O. The predicted molar refractivity (Wildman–Crippen MR) is 85.3 cm³/mol. The average molecular weight is 277 g/mol. The third-order valence-corrected chi connectivity index (χ3v) is 3.05. The Bertz CT molecular complexity index is 404. The molecule has 1 aromatic carbocycles. The fourth-order valence-electron chi connectivity index (χ4n) is 1.95. The maximum atomic E-state index is 12.2. The Kier molecular flexibility index (Phi) is 7.73. The van der Waals surface area contributed by atoms with Crippen LogP contribution in [0.15, 0.2) is 24.3 Å². The largest absolute Gasteiger partial charge is 0.384 e. The van der Waals surface area contributed by atoms with Crippen LogP contribution in [0.25, 0.3) is 0 Å². The first-order valence-corrected chi connectivity index (χ1v) is 7.41. The Morgan fingerprint density at radius 1 is 1.15 bits per heavy atom. The molecule has 0 aliphatic carbocycles. The molecule has 1 aromatic rings. The Morgan fingerprint density at radius 2 is 1.90 bits per heavy atom. The van der Waals surface area contributed by atoms with E-state index in [4.69, 9.17) is 0 Å². The van der Waals surface area contributed by atoms with E-state index in [0.29, 0.717) is 0 Å². The Labute approximate surface area is 122 Å². The maximum Gasteiger partial charge on any atom is 0.253 e. The van der Waals surface area contributed by atoms with Gasteiger partial charge in [-0.25, -0.2) is 0 Å². The molecule has 0 heterocycles. The number of hydrogen-bond donors (Lipinski definition) is 2. The van der Waals surface area contributed by atoms with Gasteiger partial charge in [0.2, 0.25) is 0 Å². The first kappa shape index (κ1) is 16.5. The van der Waals surface area contributed by atoms with Crippen molar-refractivity contribution in [3.05, 3.63) is 29.8 Å². The second kappa shape index (κ2) is 9.37. The molecule has 4 nitrogen and oxygen atoms in total. The summed E-state index contributed by atoms with van der Waals surface area (Å²) in [6.45, 7) is 4.78. The second-order valence-electron chi connectivity index (χ2n) is 5.24. The highest BCUT2D eigenvalue weighted by atomic mass is 16.1. The number of nitrogens with one attached hydrogen (secondary N) is 2. The Balaban J connectivity index is 2.42. The van der Waals surface area contributed by atoms with Crippen LogP contribution in [0.3, 0.4) is 0 Å². The SMILES string of the molecule is CCCNc1ccccc1C(=O)NCCCCN(C)C. The van der Waals surface area contributed by atoms with Crippen molar-refractivity contribution in [3.8, 4) is 0 Å². The number of rotatable bonds is 9. The van der Waals surface area contributed by atoms with E-state index >= 15 is 0 Å². The van der Waals surface area contributed by atoms with Crippen molar-refractivity contribution in [2.75, 3.05) is 39.0 Å². The second-order valence-corrected chi connectivity index (χ2v) is 5.24. The summed E-state index contributed by atoms with van der Waals surface area (Å²) in [4.78, 5) is 14.3. The van der Waals surface area contributed by atoms with Crippen molar-refractivity contribution in [2.24, 2.45) is 0 Å². The highest BCUT2D eigenvalue weighted by molar-refractivity contribution is 5.99. The van der Waals surface area contributed by atoms with E-state index < -0.39 is 0 Å². The van der Waals surface area contributed by atoms with Crippen LogP contribution in [0.4, 0.5) is 5.69 Å². The lowest BCUT2D eigenvalue weighted by Crippen LogP contribution is -2.26. The molecule has 0 atom stereocenters. The van der Waals surface area contributed by atoms with E-state index in [-0.39, 0.29) is 5.91 Å². The minimum atomic E-state index is 0.00839. The molecule has 0 bridgehead atoms. The van der Waals surface area contributed by atoms with Gasteiger partial charge in [0.25, 0.3) is 5.91 Å². The summed E-state index contributed by atoms with van der Waals surface area (Å²) in [5.74, 6) is 0.00839. The van der Waals surface area contributed by atoms with Crippen LogP contribution < -0.4 is 10.6 Å². The summed E-state index contributed by atoms with van der Waals surface area (Å²) in [6.07, 6.45) is 3.15. The van der Waals surface area contributed by atoms with Gasteiger partial charge in [-0.2, -0.15) is 0 Å². The zero-order valence-electron chi connectivity index (χ0n) is 12.9. The van der Waals surface area contributed by atoms with Gasteiger partial charge >= 0.3 is 0 Å². The van der Waals surface area contributed by atoms with Crippen LogP contribution in [-0.4, -0.2) is 44.5 Å². The van der Waals surface area contributed by atoms with Gasteiger partial charge in [-0.1, -0.05) is 19.1 Å². The summed E-state index contributed by atoms with van der Waals surface area (Å²) in [5.41, 5.74) is 1.65. The Hall–Kier alpha value is -1.55. The summed E-state index contributed by atoms with van der Waals surface area (Å²) in [7, 11) is 4.13. The zero-order valence-corrected chi connectivity index (χ0v) is 12.9. The number of carbonyl (C=O) groups is 1. The normalized spacial score (nSPS) is 10.6. The molecule has 4 heteroatoms. The molecule has 112 valence electrons. The lowest BCUT2D eigenvalue weighted by molar-refractivity contribution is 0.0953. The zero-order chi connectivity index (χ0) is 14.8. The van der Waals surface area contributed by atoms with Crippen molar-refractivity contribution >= 4 is 11.6 Å². The number of hydrogen-bond acceptors (Lipinski definition) is 3. The monoisotopic (exact) mass is 277 g/mol. The van der Waals surface area contributed by atoms with Crippen molar-refractivity contribution in [1.29, 1.82) is 0 Å². The van der Waals surface area contributed by atoms with Gasteiger partial charge in [0.1, 0.15) is 0 Å². The standard InChI is InChI=1S/C16H27N3O/c1-4-11-17-15-10-6-5-9-14(15)16(20)18-12-7-8-13-19(2)3/h5-6,9-10,17H,4,7-8,11-13H2,1-3H3,(H,18,20). The van der Waals surface area contributed by atoms with Gasteiger partial charge in [-0.3, -0.25) is 4.79 Å². The molecule has 0 fully saturated rings. The van der Waals surface area contributed by atoms with Crippen LogP contribution in [0.1, 0.15) is 36.5 Å². The molecule has 20 heavy (non-hydrogen) atoms. The highest BCUT2D eigenvalue weighted by Gasteiger charge is 2.09. The molecule has 0 aliphatic rings. The van der Waals surface area contributed by atoms with Crippen LogP contribution in [0, 0.1) is 0 Å². The van der Waals surface area contributed by atoms with Gasteiger partial charge in [0.05, 0.1) is 5.56 Å². The minimum Gasteiger partial charge on any atom is -0.384 e. The van der Waals surface area contributed by atoms with Gasteiger partial charge in [0.15, 0.2) is 0 Å². The fraction of sp³-hybridized carbons (Fsp3) is 0.562. The molecule has 0 unspecified atom stereocenters. The van der Waals surface area contributed by atoms with E-state index in [1.54, 1.807) is 0 Å². The van der Waals surface area contributed by atoms with Crippen LogP contribution in [0.2, 0.25) is 0 Å². The molecule has 1 amide bonds. The molecule has 0 radical (unpaired) electrons. The smallest absolute Gasteiger partial charge is 0.253 e. The van der Waals surface area contributed by atoms with Crippen molar-refractivity contribution in [2.45, 2.75) is 26.2 Å². The van der Waals surface area contributed by atoms with Crippen molar-refractivity contribution < 1.29 is 4.79 Å². The fourth-order valence-corrected chi connectivity index (χ4v) is 1.95. The molecule has 0 aromatic heterocycles. The Morgan fingerprint density at radius 3 is 2.60 bits per heavy atom. The first-order chi connectivity index (χ1) is 9.65. The van der Waals surface area contributed by atoms with E-state index in [0.717, 1.165) is 50.1 Å². The molecular weight excluding hydrogens is 250 g/mol. The number of para-hydroxylation sites is 1. The van der Waals surface area contributed by atoms with Crippen LogP contribution in [0.5, 0.6) is 0 Å². The minimum absolute atomic E-state index is 0.00839. The number of nitrogens with zero attached hydrogens (tertiary/aromatic N) is 1. The molecule has 0 saturated carbocycles. The van der Waals surface area contributed by atoms with Crippen molar-refractivity contribution in [1.82, 2.24) is 10.2 Å². The van der Waals surface area contributed by atoms with E-state index in [1.165, 1.54) is 0 Å². The van der Waals surface area contributed by atoms with E-state index in [2.05, 4.69) is 36.6 Å². The molecule has 0 aliphatic heterocycles. The first-order valence-electron chi connectivity index (χ1n) is 7.41. The number of unbranched alkanes of at least 4 members (excludes halogenated alkanes) is 1. The van der Waals surface area contributed by atoms with Crippen molar-refractivity contribution in [3.63, 3.8) is 0 Å². The summed E-state index contributed by atoms with van der Waals surface area (Å²) in [6, 6.07) is 7.67. The molecule has 0 spiro atoms. The lowest BCUT2D eigenvalue weighted by Gasteiger charge is -2.12. The maximum absolute atomic E-state index is 12.2. The summed E-state index contributed by atoms with van der Waals surface area (Å²) in [5, 5.41) is 6.28. The number of benzene rings is 1. The average Bonchev–Trinajstić information content (AvgIpc) is 2.44. The third kappa shape index (κ3) is 6.06. The van der Waals surface area contributed by atoms with Gasteiger partial charge < -0.3 is 15.5 Å².